The maximum absolute atomic E-state index is 13.9. The molecule has 3 aliphatic rings. The number of benzene rings is 1. The number of nitrogens with zero attached hydrogens (tertiary/aromatic N) is 1. The van der Waals surface area contributed by atoms with Gasteiger partial charge >= 0.3 is 5.97 Å². The summed E-state index contributed by atoms with van der Waals surface area (Å²) in [6, 6.07) is 7.95. The molecule has 1 aromatic carbocycles. The van der Waals surface area contributed by atoms with Gasteiger partial charge in [-0.15, -0.1) is 0 Å². The van der Waals surface area contributed by atoms with Crippen LogP contribution in [0.2, 0.25) is 0 Å². The van der Waals surface area contributed by atoms with Gasteiger partial charge in [-0.3, -0.25) is 13.8 Å². The number of carbonyl (C=O) groups excluding carboxylic acids is 2. The fourth-order valence-electron chi connectivity index (χ4n) is 8.56. The lowest BCUT2D eigenvalue weighted by atomic mass is 9.79. The quantitative estimate of drug-likeness (QED) is 0.198. The number of allylic oxidation sites excluding steroid dienone is 3. The van der Waals surface area contributed by atoms with E-state index in [0.717, 1.165) is 0 Å². The van der Waals surface area contributed by atoms with Crippen LogP contribution in [0.5, 0.6) is 0 Å². The van der Waals surface area contributed by atoms with Crippen molar-refractivity contribution in [2.24, 2.45) is 23.7 Å². The minimum Gasteiger partial charge on any atom is -0.462 e. The number of methoxy groups -OCH3 is 2. The number of aliphatic hydroxyl groups excluding tert-OH is 4. The molecule has 17 heteroatoms. The number of esters is 1. The summed E-state index contributed by atoms with van der Waals surface area (Å²) in [6.45, 7) is 10.6. The molecule has 3 aliphatic heterocycles. The molecule has 352 valence electrons. The Bertz CT molecular complexity index is 1630. The lowest BCUT2D eigenvalue weighted by molar-refractivity contribution is -0.304. The van der Waals surface area contributed by atoms with Crippen molar-refractivity contribution in [3.05, 3.63) is 54.1 Å². The van der Waals surface area contributed by atoms with Gasteiger partial charge in [0.05, 0.1) is 61.1 Å². The first-order chi connectivity index (χ1) is 29.4. The summed E-state index contributed by atoms with van der Waals surface area (Å²) in [7, 11) is 6.39. The van der Waals surface area contributed by atoms with Crippen LogP contribution in [-0.2, 0) is 58.0 Å². The fraction of sp³-hybridized carbons (Fsp3) is 0.733. The van der Waals surface area contributed by atoms with E-state index in [0.29, 0.717) is 16.9 Å². The Morgan fingerprint density at radius 1 is 0.855 bits per heavy atom. The number of ketones is 1. The van der Waals surface area contributed by atoms with Gasteiger partial charge in [-0.05, 0) is 78.3 Å². The first kappa shape index (κ1) is 52.1. The summed E-state index contributed by atoms with van der Waals surface area (Å²) in [6.07, 6.45) is -5.91. The number of likely N-dealkylation sites (N-methyl/N-ethyl adjacent to an activating group) is 1. The van der Waals surface area contributed by atoms with E-state index in [1.165, 1.54) is 20.3 Å². The predicted molar refractivity (Wildman–Crippen MR) is 229 cm³/mol. The fourth-order valence-corrected chi connectivity index (χ4v) is 9.32. The zero-order valence-electron chi connectivity index (χ0n) is 37.8. The monoisotopic (exact) mass is 897 g/mol. The summed E-state index contributed by atoms with van der Waals surface area (Å²) < 4.78 is 61.1. The van der Waals surface area contributed by atoms with Crippen molar-refractivity contribution in [1.29, 1.82) is 0 Å². The van der Waals surface area contributed by atoms with Crippen molar-refractivity contribution in [3.63, 3.8) is 0 Å². The summed E-state index contributed by atoms with van der Waals surface area (Å²) in [5, 5.41) is 45.0. The zero-order chi connectivity index (χ0) is 45.8. The van der Waals surface area contributed by atoms with Gasteiger partial charge in [-0.1, -0.05) is 56.7 Å². The van der Waals surface area contributed by atoms with Crippen LogP contribution in [0, 0.1) is 23.7 Å². The molecule has 0 spiro atoms. The van der Waals surface area contributed by atoms with E-state index < -0.39 is 127 Å². The molecular formula is C45H71NO15S. The molecule has 0 aromatic heterocycles. The number of rotatable bonds is 14. The van der Waals surface area contributed by atoms with Gasteiger partial charge < -0.3 is 58.5 Å². The number of hydrogen-bond acceptors (Lipinski definition) is 16. The van der Waals surface area contributed by atoms with Crippen molar-refractivity contribution in [2.45, 2.75) is 152 Å². The normalized spacial score (nSPS) is 40.0. The van der Waals surface area contributed by atoms with Crippen LogP contribution < -0.4 is 0 Å². The van der Waals surface area contributed by atoms with E-state index in [9.17, 15) is 34.2 Å². The molecule has 18 atom stereocenters. The van der Waals surface area contributed by atoms with Crippen LogP contribution in [0.1, 0.15) is 67.2 Å². The molecule has 4 N–H and O–H groups in total. The molecule has 16 nitrogen and oxygen atoms in total. The number of cyclic esters (lactones) is 1. The van der Waals surface area contributed by atoms with Crippen LogP contribution in [0.3, 0.4) is 0 Å². The number of carbonyl (C=O) groups is 2. The minimum atomic E-state index is -1.79. The highest BCUT2D eigenvalue weighted by molar-refractivity contribution is 7.80. The van der Waals surface area contributed by atoms with Crippen LogP contribution in [0.25, 0.3) is 0 Å². The summed E-state index contributed by atoms with van der Waals surface area (Å²) in [4.78, 5) is 29.9. The van der Waals surface area contributed by atoms with E-state index in [4.69, 9.17) is 37.3 Å². The third-order valence-electron chi connectivity index (χ3n) is 12.3. The second kappa shape index (κ2) is 24.7. The first-order valence-electron chi connectivity index (χ1n) is 21.6. The molecule has 0 radical (unpaired) electrons. The van der Waals surface area contributed by atoms with Gasteiger partial charge in [-0.2, -0.15) is 0 Å². The van der Waals surface area contributed by atoms with E-state index in [2.05, 4.69) is 0 Å². The highest BCUT2D eigenvalue weighted by Gasteiger charge is 2.48. The van der Waals surface area contributed by atoms with Crippen LogP contribution >= 0.6 is 0 Å². The van der Waals surface area contributed by atoms with E-state index in [1.807, 2.05) is 26.0 Å². The molecule has 4 rings (SSSR count). The third kappa shape index (κ3) is 13.8. The zero-order valence-corrected chi connectivity index (χ0v) is 38.6. The minimum absolute atomic E-state index is 0.00352. The molecule has 0 amide bonds. The van der Waals surface area contributed by atoms with Crippen LogP contribution in [-0.4, -0.2) is 162 Å². The number of aliphatic hydroxyl groups is 4. The van der Waals surface area contributed by atoms with Crippen molar-refractivity contribution >= 4 is 22.8 Å². The summed E-state index contributed by atoms with van der Waals surface area (Å²) in [5.74, 6) is -3.34. The van der Waals surface area contributed by atoms with E-state index >= 15 is 0 Å². The lowest BCUT2D eigenvalue weighted by Gasteiger charge is -2.46. The molecule has 0 bridgehead atoms. The Labute approximate surface area is 369 Å². The maximum Gasteiger partial charge on any atom is 0.308 e. The van der Waals surface area contributed by atoms with Gasteiger partial charge in [-0.25, -0.2) is 4.21 Å². The standard InChI is InChI=1S/C45H71NO15S/c1-11-35-31(24-56-45-43(55-10)42(54-9)39(51)29(6)59-45)21-25(2)17-18-33(47)26(3)22-30(19-20-57-62(53)32-15-13-12-14-16-32)41(27(4)34(48)23-36(49)60-35)61-44-40(52)37(46(7)8)38(50)28(5)58-44/h12-18,21,26-31,34-35,37-45,48,50-52H,11,19-20,22-24H2,1-10H3/b18-17+,25-21+/t26-,27+,28-,29-,30+,31-,34-,35-,37+,38-,39-,40-,41-,42-,43-,44+,45-,62?/m1/s1. The smallest absolute Gasteiger partial charge is 0.308 e. The molecule has 1 unspecified atom stereocenters. The SMILES string of the molecule is CC[C@H]1OC(=O)C[C@@H](O)[C@H](C)[C@@H](O[C@@H]2O[C@H](C)[C@@H](O)[C@H](N(C)C)[C@H]2O)[C@@H](CCOS(=O)c2ccccc2)C[C@@H](C)C(=O)/C=C/C(C)=C/[C@@H]1CO[C@@H]1O[C@H](C)[C@@H](O)[C@@H](OC)[C@H]1OC. The van der Waals surface area contributed by atoms with Gasteiger partial charge in [0.25, 0.3) is 0 Å². The second-order valence-electron chi connectivity index (χ2n) is 17.1. The predicted octanol–water partition coefficient (Wildman–Crippen LogP) is 3.10. The average molecular weight is 898 g/mol. The highest BCUT2D eigenvalue weighted by atomic mass is 32.2. The van der Waals surface area contributed by atoms with Crippen molar-refractivity contribution in [2.75, 3.05) is 41.5 Å². The largest absolute Gasteiger partial charge is 0.462 e. The maximum atomic E-state index is 13.9. The summed E-state index contributed by atoms with van der Waals surface area (Å²) in [5.41, 5.74) is 0.700. The number of hydrogen-bond donors (Lipinski definition) is 4. The Hall–Kier alpha value is -2.49. The van der Waals surface area contributed by atoms with E-state index in [-0.39, 0.29) is 31.8 Å². The van der Waals surface area contributed by atoms with Gasteiger partial charge in [0, 0.05) is 32.0 Å². The lowest BCUT2D eigenvalue weighted by Crippen LogP contribution is -2.63. The molecule has 2 fully saturated rings. The Morgan fingerprint density at radius 2 is 1.50 bits per heavy atom. The molecule has 0 aliphatic carbocycles. The molecule has 62 heavy (non-hydrogen) atoms. The summed E-state index contributed by atoms with van der Waals surface area (Å²) >= 11 is -1.79. The topological polar surface area (TPSA) is 209 Å². The van der Waals surface area contributed by atoms with E-state index in [1.54, 1.807) is 77.0 Å². The molecule has 1 aromatic rings. The molecule has 3 heterocycles. The highest BCUT2D eigenvalue weighted by Crippen LogP contribution is 2.35. The van der Waals surface area contributed by atoms with Gasteiger partial charge in [0.15, 0.2) is 29.4 Å². The molecule has 0 saturated carbocycles. The Balaban J connectivity index is 1.68. The number of ether oxygens (including phenoxy) is 7. The van der Waals surface area contributed by atoms with Crippen molar-refractivity contribution < 1.29 is 71.6 Å². The van der Waals surface area contributed by atoms with Crippen molar-refractivity contribution in [3.8, 4) is 0 Å². The van der Waals surface area contributed by atoms with Gasteiger partial charge in [0.1, 0.15) is 30.5 Å². The Morgan fingerprint density at radius 3 is 2.13 bits per heavy atom. The first-order valence-corrected chi connectivity index (χ1v) is 22.7. The second-order valence-corrected chi connectivity index (χ2v) is 18.3. The molecule has 2 saturated heterocycles. The Kier molecular flexibility index (Phi) is 20.8. The van der Waals surface area contributed by atoms with Crippen molar-refractivity contribution in [1.82, 2.24) is 4.90 Å². The van der Waals surface area contributed by atoms with Crippen LogP contribution in [0.15, 0.2) is 59.0 Å². The average Bonchev–Trinajstić information content (AvgIpc) is 3.24. The van der Waals surface area contributed by atoms with Gasteiger partial charge in [0.2, 0.25) is 0 Å². The third-order valence-corrected chi connectivity index (χ3v) is 13.4. The molecular weight excluding hydrogens is 827 g/mol. The van der Waals surface area contributed by atoms with Crippen LogP contribution in [0.4, 0.5) is 0 Å².